The molecule has 0 saturated carbocycles. The second kappa shape index (κ2) is 4.98. The summed E-state index contributed by atoms with van der Waals surface area (Å²) in [5, 5.41) is 0. The van der Waals surface area contributed by atoms with Gasteiger partial charge in [-0.1, -0.05) is 6.07 Å². The third kappa shape index (κ3) is 2.17. The molecule has 0 radical (unpaired) electrons. The fraction of sp³-hybridized carbons (Fsp3) is 0.222. The van der Waals surface area contributed by atoms with Crippen LogP contribution < -0.4 is 0 Å². The van der Waals surface area contributed by atoms with Crippen LogP contribution in [0.15, 0.2) is 47.3 Å². The summed E-state index contributed by atoms with van der Waals surface area (Å²) in [7, 11) is 0. The molecule has 4 nitrogen and oxygen atoms in total. The van der Waals surface area contributed by atoms with Gasteiger partial charge < -0.3 is 8.82 Å². The molecule has 0 bridgehead atoms. The maximum atomic E-state index is 5.36. The van der Waals surface area contributed by atoms with Crippen LogP contribution in [0.2, 0.25) is 0 Å². The second-order valence-electron chi connectivity index (χ2n) is 5.73. The van der Waals surface area contributed by atoms with Gasteiger partial charge >= 0.3 is 0 Å². The van der Waals surface area contributed by atoms with Gasteiger partial charge in [-0.15, -0.1) is 0 Å². The number of pyridine rings is 1. The standard InChI is InChI=1S/C18H17N3O/c1-12-7-8-21-13(2)15(20-18(21)9-12)5-3-14-4-6-16-17(10-14)22-11-19-16/h4,6-11H,3,5H2,1-2H3. The molecule has 3 heterocycles. The number of hydrogen-bond donors (Lipinski definition) is 0. The molecule has 0 aliphatic rings. The van der Waals surface area contributed by atoms with E-state index >= 15 is 0 Å². The third-order valence-electron chi connectivity index (χ3n) is 4.16. The van der Waals surface area contributed by atoms with Gasteiger partial charge in [-0.2, -0.15) is 0 Å². The zero-order valence-electron chi connectivity index (χ0n) is 12.7. The molecule has 0 amide bonds. The van der Waals surface area contributed by atoms with Crippen molar-refractivity contribution in [2.45, 2.75) is 26.7 Å². The molecule has 0 fully saturated rings. The highest BCUT2D eigenvalue weighted by Gasteiger charge is 2.09. The first-order valence-electron chi connectivity index (χ1n) is 7.47. The molecule has 1 aromatic carbocycles. The number of nitrogens with zero attached hydrogens (tertiary/aromatic N) is 3. The highest BCUT2D eigenvalue weighted by atomic mass is 16.3. The minimum Gasteiger partial charge on any atom is -0.443 e. The summed E-state index contributed by atoms with van der Waals surface area (Å²) < 4.78 is 7.52. The molecular weight excluding hydrogens is 274 g/mol. The first-order valence-corrected chi connectivity index (χ1v) is 7.47. The second-order valence-corrected chi connectivity index (χ2v) is 5.73. The molecule has 4 rings (SSSR count). The van der Waals surface area contributed by atoms with Gasteiger partial charge in [0.05, 0.1) is 5.69 Å². The van der Waals surface area contributed by atoms with E-state index in [4.69, 9.17) is 9.40 Å². The summed E-state index contributed by atoms with van der Waals surface area (Å²) in [6, 6.07) is 10.4. The van der Waals surface area contributed by atoms with Crippen molar-refractivity contribution >= 4 is 16.7 Å². The molecule has 0 saturated heterocycles. The van der Waals surface area contributed by atoms with Crippen molar-refractivity contribution in [2.24, 2.45) is 0 Å². The van der Waals surface area contributed by atoms with Crippen LogP contribution in [-0.2, 0) is 12.8 Å². The molecule has 110 valence electrons. The van der Waals surface area contributed by atoms with Crippen LogP contribution in [0.1, 0.15) is 22.5 Å². The summed E-state index contributed by atoms with van der Waals surface area (Å²) in [5.41, 5.74) is 7.64. The van der Waals surface area contributed by atoms with Crippen LogP contribution in [0.3, 0.4) is 0 Å². The Morgan fingerprint density at radius 2 is 2.00 bits per heavy atom. The first-order chi connectivity index (χ1) is 10.7. The fourth-order valence-electron chi connectivity index (χ4n) is 2.87. The van der Waals surface area contributed by atoms with E-state index in [0.29, 0.717) is 0 Å². The molecule has 3 aromatic heterocycles. The molecule has 0 unspecified atom stereocenters. The molecule has 0 aliphatic carbocycles. The third-order valence-corrected chi connectivity index (χ3v) is 4.16. The molecule has 0 spiro atoms. The van der Waals surface area contributed by atoms with E-state index in [-0.39, 0.29) is 0 Å². The maximum absolute atomic E-state index is 5.36. The predicted octanol–water partition coefficient (Wildman–Crippen LogP) is 3.88. The van der Waals surface area contributed by atoms with Crippen LogP contribution in [0.5, 0.6) is 0 Å². The van der Waals surface area contributed by atoms with E-state index in [1.807, 2.05) is 6.07 Å². The van der Waals surface area contributed by atoms with Crippen molar-refractivity contribution < 1.29 is 4.42 Å². The van der Waals surface area contributed by atoms with Crippen molar-refractivity contribution in [3.63, 3.8) is 0 Å². The average molecular weight is 291 g/mol. The van der Waals surface area contributed by atoms with Gasteiger partial charge in [0.25, 0.3) is 0 Å². The SMILES string of the molecule is Cc1ccn2c(C)c(CCc3ccc4ncoc4c3)nc2c1. The number of aromatic nitrogens is 3. The fourth-order valence-corrected chi connectivity index (χ4v) is 2.87. The van der Waals surface area contributed by atoms with Crippen molar-refractivity contribution in [1.82, 2.24) is 14.4 Å². The highest BCUT2D eigenvalue weighted by molar-refractivity contribution is 5.72. The highest BCUT2D eigenvalue weighted by Crippen LogP contribution is 2.18. The molecule has 0 atom stereocenters. The van der Waals surface area contributed by atoms with Gasteiger partial charge in [0.1, 0.15) is 11.2 Å². The topological polar surface area (TPSA) is 43.3 Å². The lowest BCUT2D eigenvalue weighted by Gasteiger charge is -2.01. The quantitative estimate of drug-likeness (QED) is 0.575. The number of fused-ring (bicyclic) bond motifs is 2. The summed E-state index contributed by atoms with van der Waals surface area (Å²) >= 11 is 0. The number of oxazole rings is 1. The van der Waals surface area contributed by atoms with Crippen LogP contribution in [0.25, 0.3) is 16.7 Å². The van der Waals surface area contributed by atoms with Crippen LogP contribution >= 0.6 is 0 Å². The number of rotatable bonds is 3. The molecule has 4 heteroatoms. The lowest BCUT2D eigenvalue weighted by molar-refractivity contribution is 0.601. The van der Waals surface area contributed by atoms with Gasteiger partial charge in [-0.05, 0) is 62.1 Å². The Morgan fingerprint density at radius 1 is 1.09 bits per heavy atom. The van der Waals surface area contributed by atoms with Crippen molar-refractivity contribution in [2.75, 3.05) is 0 Å². The lowest BCUT2D eigenvalue weighted by atomic mass is 10.1. The monoisotopic (exact) mass is 291 g/mol. The maximum Gasteiger partial charge on any atom is 0.181 e. The summed E-state index contributed by atoms with van der Waals surface area (Å²) in [6.07, 6.45) is 5.45. The number of benzene rings is 1. The molecule has 4 aromatic rings. The van der Waals surface area contributed by atoms with E-state index in [9.17, 15) is 0 Å². The van der Waals surface area contributed by atoms with E-state index in [2.05, 4.69) is 53.7 Å². The van der Waals surface area contributed by atoms with Gasteiger partial charge in [0.2, 0.25) is 0 Å². The Hall–Kier alpha value is -2.62. The zero-order chi connectivity index (χ0) is 15.1. The van der Waals surface area contributed by atoms with Gasteiger partial charge in [-0.3, -0.25) is 0 Å². The van der Waals surface area contributed by atoms with E-state index < -0.39 is 0 Å². The smallest absolute Gasteiger partial charge is 0.181 e. The summed E-state index contributed by atoms with van der Waals surface area (Å²) in [4.78, 5) is 8.91. The van der Waals surface area contributed by atoms with E-state index in [0.717, 1.165) is 35.3 Å². The number of aryl methyl sites for hydroxylation is 4. The Labute approximate surface area is 128 Å². The molecule has 0 aliphatic heterocycles. The Kier molecular flexibility index (Phi) is 2.96. The van der Waals surface area contributed by atoms with Crippen molar-refractivity contribution in [1.29, 1.82) is 0 Å². The van der Waals surface area contributed by atoms with Gasteiger partial charge in [-0.25, -0.2) is 9.97 Å². The minimum atomic E-state index is 0.847. The number of imidazole rings is 1. The van der Waals surface area contributed by atoms with Crippen molar-refractivity contribution in [3.8, 4) is 0 Å². The Balaban J connectivity index is 1.61. The van der Waals surface area contributed by atoms with Gasteiger partial charge in [0.15, 0.2) is 12.0 Å². The average Bonchev–Trinajstić information content (AvgIpc) is 3.09. The van der Waals surface area contributed by atoms with Crippen LogP contribution in [-0.4, -0.2) is 14.4 Å². The summed E-state index contributed by atoms with van der Waals surface area (Å²) in [6.45, 7) is 4.22. The van der Waals surface area contributed by atoms with E-state index in [1.54, 1.807) is 0 Å². The summed E-state index contributed by atoms with van der Waals surface area (Å²) in [5.74, 6) is 0. The number of hydrogen-bond acceptors (Lipinski definition) is 3. The lowest BCUT2D eigenvalue weighted by Crippen LogP contribution is -1.94. The molecule has 22 heavy (non-hydrogen) atoms. The zero-order valence-corrected chi connectivity index (χ0v) is 12.7. The Bertz CT molecular complexity index is 965. The molecular formula is C18H17N3O. The van der Waals surface area contributed by atoms with Crippen molar-refractivity contribution in [3.05, 3.63) is 65.4 Å². The van der Waals surface area contributed by atoms with Gasteiger partial charge in [0, 0.05) is 11.9 Å². The normalized spacial score (nSPS) is 11.5. The van der Waals surface area contributed by atoms with E-state index in [1.165, 1.54) is 23.2 Å². The predicted molar refractivity (Wildman–Crippen MR) is 86.1 cm³/mol. The molecule has 0 N–H and O–H groups in total. The Morgan fingerprint density at radius 3 is 2.91 bits per heavy atom. The minimum absolute atomic E-state index is 0.847. The first kappa shape index (κ1) is 13.1. The van der Waals surface area contributed by atoms with Crippen LogP contribution in [0.4, 0.5) is 0 Å². The largest absolute Gasteiger partial charge is 0.443 e. The van der Waals surface area contributed by atoms with Crippen LogP contribution in [0, 0.1) is 13.8 Å².